The van der Waals surface area contributed by atoms with Crippen LogP contribution < -0.4 is 19.7 Å². The van der Waals surface area contributed by atoms with E-state index in [-0.39, 0.29) is 42.6 Å². The van der Waals surface area contributed by atoms with Gasteiger partial charge in [-0.25, -0.2) is 14.6 Å². The SMILES string of the molecule is N#Cc1cnc2c(c1Oc1ccc(NC(=O)OCc3ccccc3)cc1)OCCN2C(=O)O. The minimum atomic E-state index is -1.18. The first-order valence-electron chi connectivity index (χ1n) is 9.87. The van der Waals surface area contributed by atoms with Crippen molar-refractivity contribution >= 4 is 23.7 Å². The van der Waals surface area contributed by atoms with Crippen molar-refractivity contribution in [1.29, 1.82) is 5.26 Å². The first kappa shape index (κ1) is 21.5. The highest BCUT2D eigenvalue weighted by atomic mass is 16.5. The highest BCUT2D eigenvalue weighted by molar-refractivity contribution is 5.88. The van der Waals surface area contributed by atoms with Gasteiger partial charge in [-0.05, 0) is 29.8 Å². The molecule has 0 fully saturated rings. The largest absolute Gasteiger partial charge is 0.484 e. The van der Waals surface area contributed by atoms with Crippen molar-refractivity contribution in [2.75, 3.05) is 23.4 Å². The number of carbonyl (C=O) groups excluding carboxylic acids is 1. The molecular weight excluding hydrogens is 428 g/mol. The van der Waals surface area contributed by atoms with Crippen LogP contribution in [0.2, 0.25) is 0 Å². The predicted molar refractivity (Wildman–Crippen MR) is 117 cm³/mol. The number of anilines is 2. The molecule has 1 aliphatic heterocycles. The quantitative estimate of drug-likeness (QED) is 0.590. The molecule has 166 valence electrons. The van der Waals surface area contributed by atoms with Gasteiger partial charge in [-0.15, -0.1) is 0 Å². The summed E-state index contributed by atoms with van der Waals surface area (Å²) in [5.74, 6) is 0.548. The van der Waals surface area contributed by atoms with Crippen LogP contribution in [0.1, 0.15) is 11.1 Å². The van der Waals surface area contributed by atoms with Crippen molar-refractivity contribution in [3.05, 3.63) is 71.9 Å². The minimum Gasteiger partial charge on any atom is -0.484 e. The third-order valence-corrected chi connectivity index (χ3v) is 4.67. The molecule has 0 aliphatic carbocycles. The van der Waals surface area contributed by atoms with Crippen LogP contribution >= 0.6 is 0 Å². The number of nitriles is 1. The van der Waals surface area contributed by atoms with Gasteiger partial charge in [-0.3, -0.25) is 10.2 Å². The summed E-state index contributed by atoms with van der Waals surface area (Å²) in [5.41, 5.74) is 1.44. The van der Waals surface area contributed by atoms with Gasteiger partial charge < -0.3 is 19.3 Å². The fraction of sp³-hybridized carbons (Fsp3) is 0.130. The number of pyridine rings is 1. The zero-order chi connectivity index (χ0) is 23.2. The summed E-state index contributed by atoms with van der Waals surface area (Å²) >= 11 is 0. The topological polar surface area (TPSA) is 134 Å². The van der Waals surface area contributed by atoms with Gasteiger partial charge in [0.2, 0.25) is 5.75 Å². The molecule has 2 aromatic carbocycles. The van der Waals surface area contributed by atoms with Gasteiger partial charge >= 0.3 is 12.2 Å². The highest BCUT2D eigenvalue weighted by Gasteiger charge is 2.30. The first-order valence-corrected chi connectivity index (χ1v) is 9.87. The monoisotopic (exact) mass is 446 g/mol. The van der Waals surface area contributed by atoms with Crippen LogP contribution in [0.15, 0.2) is 60.8 Å². The second-order valence-electron chi connectivity index (χ2n) is 6.86. The summed E-state index contributed by atoms with van der Waals surface area (Å²) in [6, 6.07) is 17.6. The van der Waals surface area contributed by atoms with Crippen LogP contribution in [0.4, 0.5) is 21.1 Å². The second kappa shape index (κ2) is 9.57. The molecule has 2 N–H and O–H groups in total. The molecule has 1 aliphatic rings. The smallest absolute Gasteiger partial charge is 0.413 e. The maximum Gasteiger partial charge on any atom is 0.413 e. The van der Waals surface area contributed by atoms with Gasteiger partial charge in [-0.2, -0.15) is 5.26 Å². The second-order valence-corrected chi connectivity index (χ2v) is 6.86. The lowest BCUT2D eigenvalue weighted by Crippen LogP contribution is -2.37. The van der Waals surface area contributed by atoms with Crippen LogP contribution in [-0.4, -0.2) is 35.4 Å². The van der Waals surface area contributed by atoms with E-state index >= 15 is 0 Å². The summed E-state index contributed by atoms with van der Waals surface area (Å²) in [6.07, 6.45) is -0.556. The number of nitrogens with one attached hydrogen (secondary N) is 1. The maximum atomic E-state index is 12.0. The third kappa shape index (κ3) is 4.94. The van der Waals surface area contributed by atoms with Crippen molar-refractivity contribution in [3.8, 4) is 23.3 Å². The summed E-state index contributed by atoms with van der Waals surface area (Å²) in [5, 5.41) is 21.4. The number of fused-ring (bicyclic) bond motifs is 1. The Kier molecular flexibility index (Phi) is 6.22. The Balaban J connectivity index is 1.46. The Morgan fingerprint density at radius 2 is 1.94 bits per heavy atom. The Labute approximate surface area is 188 Å². The molecule has 0 saturated carbocycles. The molecule has 0 unspecified atom stereocenters. The molecule has 0 saturated heterocycles. The summed E-state index contributed by atoms with van der Waals surface area (Å²) in [4.78, 5) is 28.6. The first-order chi connectivity index (χ1) is 16.0. The number of nitrogens with zero attached hydrogens (tertiary/aromatic N) is 3. The zero-order valence-corrected chi connectivity index (χ0v) is 17.2. The zero-order valence-electron chi connectivity index (χ0n) is 17.2. The molecule has 2 amide bonds. The highest BCUT2D eigenvalue weighted by Crippen LogP contribution is 2.42. The van der Waals surface area contributed by atoms with E-state index in [0.717, 1.165) is 10.5 Å². The van der Waals surface area contributed by atoms with E-state index in [9.17, 15) is 20.0 Å². The molecule has 10 nitrogen and oxygen atoms in total. The molecule has 0 atom stereocenters. The fourth-order valence-electron chi connectivity index (χ4n) is 3.10. The maximum absolute atomic E-state index is 12.0. The van der Waals surface area contributed by atoms with E-state index in [1.165, 1.54) is 6.20 Å². The Hall–Kier alpha value is -4.78. The predicted octanol–water partition coefficient (Wildman–Crippen LogP) is 4.37. The molecule has 0 radical (unpaired) electrons. The molecule has 10 heteroatoms. The number of benzene rings is 2. The Bertz CT molecular complexity index is 1210. The standard InChI is InChI=1S/C23H18N4O6/c24-12-16-13-25-21-20(31-11-10-27(21)23(29)30)19(16)33-18-8-6-17(7-9-18)26-22(28)32-14-15-4-2-1-3-5-15/h1-9,13H,10-11,14H2,(H,26,28)(H,29,30). The lowest BCUT2D eigenvalue weighted by atomic mass is 10.2. The number of hydrogen-bond donors (Lipinski definition) is 2. The number of carboxylic acid groups (broad SMARTS) is 1. The van der Waals surface area contributed by atoms with Crippen molar-refractivity contribution in [2.45, 2.75) is 6.61 Å². The number of carbonyl (C=O) groups is 2. The van der Waals surface area contributed by atoms with E-state index in [0.29, 0.717) is 11.4 Å². The van der Waals surface area contributed by atoms with Crippen LogP contribution in [0.5, 0.6) is 17.2 Å². The number of ether oxygens (including phenoxy) is 3. The Morgan fingerprint density at radius 3 is 2.64 bits per heavy atom. The third-order valence-electron chi connectivity index (χ3n) is 4.67. The van der Waals surface area contributed by atoms with E-state index in [1.807, 2.05) is 36.4 Å². The summed E-state index contributed by atoms with van der Waals surface area (Å²) < 4.78 is 16.6. The average Bonchev–Trinajstić information content (AvgIpc) is 2.84. The number of hydrogen-bond acceptors (Lipinski definition) is 7. The summed E-state index contributed by atoms with van der Waals surface area (Å²) in [7, 11) is 0. The minimum absolute atomic E-state index is 0.0576. The molecule has 0 spiro atoms. The molecule has 2 heterocycles. The normalized spacial score (nSPS) is 12.0. The molecule has 4 rings (SSSR count). The number of rotatable bonds is 5. The van der Waals surface area contributed by atoms with Gasteiger partial charge in [0.25, 0.3) is 0 Å². The van der Waals surface area contributed by atoms with Crippen molar-refractivity contribution < 1.29 is 28.9 Å². The van der Waals surface area contributed by atoms with Crippen LogP contribution in [-0.2, 0) is 11.3 Å². The van der Waals surface area contributed by atoms with Crippen molar-refractivity contribution in [3.63, 3.8) is 0 Å². The van der Waals surface area contributed by atoms with E-state index in [4.69, 9.17) is 14.2 Å². The van der Waals surface area contributed by atoms with E-state index in [2.05, 4.69) is 10.3 Å². The van der Waals surface area contributed by atoms with Gasteiger partial charge in [0.05, 0.1) is 12.7 Å². The molecule has 33 heavy (non-hydrogen) atoms. The Morgan fingerprint density at radius 1 is 1.18 bits per heavy atom. The van der Waals surface area contributed by atoms with Crippen LogP contribution in [0, 0.1) is 11.3 Å². The molecule has 1 aromatic heterocycles. The number of amides is 2. The average molecular weight is 446 g/mol. The van der Waals surface area contributed by atoms with E-state index < -0.39 is 12.2 Å². The fourth-order valence-corrected chi connectivity index (χ4v) is 3.10. The van der Waals surface area contributed by atoms with Gasteiger partial charge in [0.1, 0.15) is 30.6 Å². The van der Waals surface area contributed by atoms with Crippen LogP contribution in [0.25, 0.3) is 0 Å². The molecular formula is C23H18N4O6. The number of aromatic nitrogens is 1. The van der Waals surface area contributed by atoms with Gasteiger partial charge in [0, 0.05) is 5.69 Å². The van der Waals surface area contributed by atoms with Crippen molar-refractivity contribution in [1.82, 2.24) is 4.98 Å². The summed E-state index contributed by atoms with van der Waals surface area (Å²) in [6.45, 7) is 0.354. The van der Waals surface area contributed by atoms with Gasteiger partial charge in [-0.1, -0.05) is 30.3 Å². The van der Waals surface area contributed by atoms with E-state index in [1.54, 1.807) is 24.3 Å². The molecule has 3 aromatic rings. The lowest BCUT2D eigenvalue weighted by Gasteiger charge is -2.27. The molecule has 0 bridgehead atoms. The van der Waals surface area contributed by atoms with Crippen LogP contribution in [0.3, 0.4) is 0 Å². The lowest BCUT2D eigenvalue weighted by molar-refractivity contribution is 0.155. The van der Waals surface area contributed by atoms with Crippen molar-refractivity contribution in [2.24, 2.45) is 0 Å². The van der Waals surface area contributed by atoms with Gasteiger partial charge in [0.15, 0.2) is 11.6 Å².